The molecule has 1 aromatic heterocycles. The molecule has 0 saturated heterocycles. The number of alkyl halides is 5. The number of aromatic nitrogens is 1. The van der Waals surface area contributed by atoms with E-state index >= 15 is 0 Å². The predicted molar refractivity (Wildman–Crippen MR) is 46.6 cm³/mol. The van der Waals surface area contributed by atoms with Gasteiger partial charge in [-0.15, -0.1) is 0 Å². The fourth-order valence-corrected chi connectivity index (χ4v) is 1.62. The normalized spacial score (nSPS) is 11.6. The Morgan fingerprint density at radius 3 is 2.31 bits per heavy atom. The van der Waals surface area contributed by atoms with Crippen LogP contribution in [0, 0.1) is 11.3 Å². The van der Waals surface area contributed by atoms with Crippen molar-refractivity contribution in [3.05, 3.63) is 27.5 Å². The van der Waals surface area contributed by atoms with Gasteiger partial charge in [-0.1, -0.05) is 0 Å². The summed E-state index contributed by atoms with van der Waals surface area (Å²) in [4.78, 5) is 2.88. The van der Waals surface area contributed by atoms with Crippen LogP contribution in [0.2, 0.25) is 0 Å². The molecule has 0 atom stereocenters. The van der Waals surface area contributed by atoms with Crippen molar-refractivity contribution in [2.45, 2.75) is 12.6 Å². The minimum Gasteiger partial charge on any atom is -0.250 e. The molecule has 0 radical (unpaired) electrons. The van der Waals surface area contributed by atoms with Crippen molar-refractivity contribution in [3.8, 4) is 6.07 Å². The van der Waals surface area contributed by atoms with Crippen molar-refractivity contribution in [2.75, 3.05) is 0 Å². The second-order valence-electron chi connectivity index (χ2n) is 2.66. The van der Waals surface area contributed by atoms with Crippen LogP contribution in [0.15, 0.2) is 10.7 Å². The van der Waals surface area contributed by atoms with Crippen molar-refractivity contribution in [1.82, 2.24) is 4.98 Å². The molecule has 0 aliphatic heterocycles. The van der Waals surface area contributed by atoms with Gasteiger partial charge in [0.05, 0.1) is 15.6 Å². The molecule has 1 rings (SSSR count). The first-order valence-corrected chi connectivity index (χ1v) is 4.52. The molecule has 0 aliphatic rings. The van der Waals surface area contributed by atoms with Gasteiger partial charge in [0.15, 0.2) is 5.69 Å². The van der Waals surface area contributed by atoms with E-state index in [2.05, 4.69) is 20.9 Å². The zero-order valence-electron chi connectivity index (χ0n) is 7.32. The summed E-state index contributed by atoms with van der Waals surface area (Å²) < 4.78 is 60.8. The van der Waals surface area contributed by atoms with E-state index in [1.807, 2.05) is 0 Å². The Kier molecular flexibility index (Phi) is 3.48. The number of rotatable bonds is 1. The molecule has 0 aliphatic carbocycles. The number of nitrogens with zero attached hydrogens (tertiary/aromatic N) is 2. The zero-order valence-corrected chi connectivity index (χ0v) is 8.90. The lowest BCUT2D eigenvalue weighted by Crippen LogP contribution is -2.11. The maximum atomic E-state index is 12.3. The molecule has 2 nitrogen and oxygen atoms in total. The van der Waals surface area contributed by atoms with Gasteiger partial charge in [0, 0.05) is 6.20 Å². The molecule has 16 heavy (non-hydrogen) atoms. The largest absolute Gasteiger partial charge is 0.434 e. The van der Waals surface area contributed by atoms with E-state index in [9.17, 15) is 22.0 Å². The molecule has 86 valence electrons. The highest BCUT2D eigenvalue weighted by Gasteiger charge is 2.37. The van der Waals surface area contributed by atoms with Gasteiger partial charge < -0.3 is 0 Å². The van der Waals surface area contributed by atoms with Gasteiger partial charge in [-0.2, -0.15) is 18.4 Å². The number of hydrogen-bond donors (Lipinski definition) is 0. The van der Waals surface area contributed by atoms with Crippen LogP contribution in [0.4, 0.5) is 22.0 Å². The molecule has 8 heteroatoms. The topological polar surface area (TPSA) is 36.7 Å². The van der Waals surface area contributed by atoms with Crippen molar-refractivity contribution < 1.29 is 22.0 Å². The molecule has 0 N–H and O–H groups in total. The van der Waals surface area contributed by atoms with Crippen LogP contribution in [0.25, 0.3) is 0 Å². The summed E-state index contributed by atoms with van der Waals surface area (Å²) in [6.45, 7) is 0. The van der Waals surface area contributed by atoms with E-state index in [0.29, 0.717) is 6.20 Å². The molecule has 1 aromatic rings. The summed E-state index contributed by atoms with van der Waals surface area (Å²) in [5, 5.41) is 8.53. The fourth-order valence-electron chi connectivity index (χ4n) is 0.977. The van der Waals surface area contributed by atoms with E-state index < -0.39 is 33.9 Å². The van der Waals surface area contributed by atoms with Crippen molar-refractivity contribution in [2.24, 2.45) is 0 Å². The van der Waals surface area contributed by atoms with Gasteiger partial charge in [-0.25, -0.2) is 8.78 Å². The highest BCUT2D eigenvalue weighted by molar-refractivity contribution is 9.10. The van der Waals surface area contributed by atoms with Gasteiger partial charge in [0.1, 0.15) is 6.07 Å². The van der Waals surface area contributed by atoms with Crippen molar-refractivity contribution in [1.29, 1.82) is 5.26 Å². The second kappa shape index (κ2) is 4.33. The lowest BCUT2D eigenvalue weighted by atomic mass is 10.1. The second-order valence-corrected chi connectivity index (χ2v) is 3.45. The van der Waals surface area contributed by atoms with E-state index in [4.69, 9.17) is 5.26 Å². The third-order valence-corrected chi connectivity index (χ3v) is 2.44. The Bertz CT molecular complexity index is 449. The first kappa shape index (κ1) is 12.8. The first-order chi connectivity index (χ1) is 7.29. The minimum absolute atomic E-state index is 0.358. The van der Waals surface area contributed by atoms with E-state index in [0.717, 1.165) is 0 Å². The number of nitriles is 1. The summed E-state index contributed by atoms with van der Waals surface area (Å²) in [6.07, 6.45) is -7.50. The molecule has 0 unspecified atom stereocenters. The Hall–Kier alpha value is -1.23. The van der Waals surface area contributed by atoms with Crippen LogP contribution in [0.1, 0.15) is 23.2 Å². The average Bonchev–Trinajstić information content (AvgIpc) is 2.14. The Morgan fingerprint density at radius 1 is 1.38 bits per heavy atom. The summed E-state index contributed by atoms with van der Waals surface area (Å²) >= 11 is 2.46. The smallest absolute Gasteiger partial charge is 0.250 e. The lowest BCUT2D eigenvalue weighted by Gasteiger charge is -2.11. The third-order valence-electron chi connectivity index (χ3n) is 1.66. The van der Waals surface area contributed by atoms with Crippen LogP contribution >= 0.6 is 15.9 Å². The minimum atomic E-state index is -4.80. The molecule has 0 bridgehead atoms. The number of pyridine rings is 1. The summed E-state index contributed by atoms with van der Waals surface area (Å²) in [6, 6.07) is 1.29. The number of halogens is 6. The Labute approximate surface area is 94.8 Å². The summed E-state index contributed by atoms with van der Waals surface area (Å²) in [5.41, 5.74) is -2.98. The van der Waals surface area contributed by atoms with Gasteiger partial charge in [0.25, 0.3) is 6.43 Å². The third kappa shape index (κ3) is 2.29. The lowest BCUT2D eigenvalue weighted by molar-refractivity contribution is -0.141. The predicted octanol–water partition coefficient (Wildman–Crippen LogP) is 3.67. The van der Waals surface area contributed by atoms with Crippen LogP contribution in [0.5, 0.6) is 0 Å². The molecule has 0 amide bonds. The maximum Gasteiger partial charge on any atom is 0.434 e. The maximum absolute atomic E-state index is 12.3. The van der Waals surface area contributed by atoms with Gasteiger partial charge in [-0.3, -0.25) is 4.98 Å². The van der Waals surface area contributed by atoms with Gasteiger partial charge >= 0.3 is 6.18 Å². The quantitative estimate of drug-likeness (QED) is 0.742. The Balaban J connectivity index is 3.49. The molecular formula is C8H2BrF5N2. The zero-order chi connectivity index (χ0) is 12.5. The van der Waals surface area contributed by atoms with Crippen LogP contribution < -0.4 is 0 Å². The molecule has 0 aromatic carbocycles. The van der Waals surface area contributed by atoms with Crippen LogP contribution in [-0.2, 0) is 6.18 Å². The SMILES string of the molecule is N#Cc1c(C(F)F)cnc(C(F)(F)F)c1Br. The van der Waals surface area contributed by atoms with E-state index in [-0.39, 0.29) is 0 Å². The van der Waals surface area contributed by atoms with Gasteiger partial charge in [-0.05, 0) is 15.9 Å². The molecule has 0 fully saturated rings. The van der Waals surface area contributed by atoms with Crippen LogP contribution in [-0.4, -0.2) is 4.98 Å². The summed E-state index contributed by atoms with van der Waals surface area (Å²) in [7, 11) is 0. The monoisotopic (exact) mass is 300 g/mol. The van der Waals surface area contributed by atoms with E-state index in [1.165, 1.54) is 6.07 Å². The van der Waals surface area contributed by atoms with Crippen molar-refractivity contribution >= 4 is 15.9 Å². The highest BCUT2D eigenvalue weighted by atomic mass is 79.9. The van der Waals surface area contributed by atoms with Crippen LogP contribution in [0.3, 0.4) is 0 Å². The number of hydrogen-bond acceptors (Lipinski definition) is 2. The standard InChI is InChI=1S/C8H2BrF5N2/c9-5-3(1-15)4(7(10)11)2-16-6(5)8(12,13)14/h2,7H. The molecule has 0 saturated carbocycles. The van der Waals surface area contributed by atoms with Crippen molar-refractivity contribution in [3.63, 3.8) is 0 Å². The summed E-state index contributed by atoms with van der Waals surface area (Å²) in [5.74, 6) is 0. The molecular weight excluding hydrogens is 299 g/mol. The molecule has 0 spiro atoms. The first-order valence-electron chi connectivity index (χ1n) is 3.73. The van der Waals surface area contributed by atoms with Gasteiger partial charge in [0.2, 0.25) is 0 Å². The van der Waals surface area contributed by atoms with E-state index in [1.54, 1.807) is 0 Å². The fraction of sp³-hybridized carbons (Fsp3) is 0.250. The highest BCUT2D eigenvalue weighted by Crippen LogP contribution is 2.37. The average molecular weight is 301 g/mol. The molecule has 1 heterocycles. The Morgan fingerprint density at radius 2 is 1.94 bits per heavy atom.